The third-order valence-corrected chi connectivity index (χ3v) is 2.77. The smallest absolute Gasteiger partial charge is 0.303 e. The summed E-state index contributed by atoms with van der Waals surface area (Å²) in [6.45, 7) is 2.11. The third-order valence-electron chi connectivity index (χ3n) is 2.77. The molecule has 92 valence electrons. The fourth-order valence-electron chi connectivity index (χ4n) is 1.86. The highest BCUT2D eigenvalue weighted by Crippen LogP contribution is 2.09. The molecule has 1 aliphatic heterocycles. The molecule has 0 atom stereocenters. The summed E-state index contributed by atoms with van der Waals surface area (Å²) in [6, 6.07) is 0. The zero-order valence-electron chi connectivity index (χ0n) is 10.1. The fraction of sp³-hybridized carbons (Fsp3) is 0.750. The minimum absolute atomic E-state index is 0.319. The molecule has 0 radical (unpaired) electrons. The van der Waals surface area contributed by atoms with Crippen LogP contribution >= 0.6 is 0 Å². The van der Waals surface area contributed by atoms with Gasteiger partial charge in [-0.1, -0.05) is 19.3 Å². The Labute approximate surface area is 97.5 Å². The van der Waals surface area contributed by atoms with Crippen molar-refractivity contribution in [3.63, 3.8) is 0 Å². The summed E-state index contributed by atoms with van der Waals surface area (Å²) >= 11 is 0. The van der Waals surface area contributed by atoms with Gasteiger partial charge in [-0.2, -0.15) is 0 Å². The second-order valence-corrected chi connectivity index (χ2v) is 4.42. The summed E-state index contributed by atoms with van der Waals surface area (Å²) in [5, 5.41) is 8.47. The molecule has 16 heavy (non-hydrogen) atoms. The molecule has 4 heteroatoms. The Balaban J connectivity index is 1.85. The normalized spacial score (nSPS) is 14.8. The van der Waals surface area contributed by atoms with Crippen LogP contribution in [-0.2, 0) is 4.79 Å². The summed E-state index contributed by atoms with van der Waals surface area (Å²) in [7, 11) is 2.07. The van der Waals surface area contributed by atoms with Gasteiger partial charge in [0.15, 0.2) is 0 Å². The average molecular weight is 226 g/mol. The highest BCUT2D eigenvalue weighted by Gasteiger charge is 2.06. The van der Waals surface area contributed by atoms with Crippen LogP contribution in [0.3, 0.4) is 0 Å². The van der Waals surface area contributed by atoms with E-state index in [1.54, 1.807) is 0 Å². The van der Waals surface area contributed by atoms with E-state index in [1.807, 2.05) is 0 Å². The molecule has 0 unspecified atom stereocenters. The lowest BCUT2D eigenvalue weighted by Gasteiger charge is -2.17. The Morgan fingerprint density at radius 1 is 1.19 bits per heavy atom. The van der Waals surface area contributed by atoms with E-state index in [9.17, 15) is 4.79 Å². The number of unbranched alkanes of at least 4 members (excludes halogenated alkanes) is 4. The van der Waals surface area contributed by atoms with Crippen molar-refractivity contribution in [3.05, 3.63) is 12.4 Å². The quantitative estimate of drug-likeness (QED) is 0.644. The van der Waals surface area contributed by atoms with Crippen molar-refractivity contribution >= 4 is 5.97 Å². The summed E-state index contributed by atoms with van der Waals surface area (Å²) in [4.78, 5) is 14.7. The molecule has 0 aliphatic carbocycles. The zero-order chi connectivity index (χ0) is 11.8. The maximum Gasteiger partial charge on any atom is 0.303 e. The van der Waals surface area contributed by atoms with Crippen LogP contribution in [0.1, 0.15) is 38.5 Å². The van der Waals surface area contributed by atoms with Crippen LogP contribution in [0.4, 0.5) is 0 Å². The molecule has 1 aliphatic rings. The molecule has 0 amide bonds. The monoisotopic (exact) mass is 226 g/mol. The lowest BCUT2D eigenvalue weighted by Crippen LogP contribution is -2.23. The zero-order valence-corrected chi connectivity index (χ0v) is 10.1. The van der Waals surface area contributed by atoms with Gasteiger partial charge in [0, 0.05) is 32.4 Å². The minimum Gasteiger partial charge on any atom is -0.481 e. The van der Waals surface area contributed by atoms with E-state index in [1.165, 1.54) is 12.8 Å². The molecule has 0 saturated heterocycles. The van der Waals surface area contributed by atoms with Crippen LogP contribution in [0.2, 0.25) is 0 Å². The fourth-order valence-corrected chi connectivity index (χ4v) is 1.86. The molecule has 0 spiro atoms. The van der Waals surface area contributed by atoms with Crippen molar-refractivity contribution in [1.29, 1.82) is 0 Å². The van der Waals surface area contributed by atoms with E-state index in [2.05, 4.69) is 29.2 Å². The number of carboxylic acid groups (broad SMARTS) is 1. The largest absolute Gasteiger partial charge is 0.481 e. The molecule has 0 aromatic rings. The predicted octanol–water partition coefficient (Wildman–Crippen LogP) is 2.09. The van der Waals surface area contributed by atoms with Crippen LogP contribution < -0.4 is 0 Å². The van der Waals surface area contributed by atoms with Gasteiger partial charge in [-0.05, 0) is 12.8 Å². The first-order valence-electron chi connectivity index (χ1n) is 6.03. The van der Waals surface area contributed by atoms with E-state index in [0.717, 1.165) is 32.5 Å². The van der Waals surface area contributed by atoms with Gasteiger partial charge in [0.25, 0.3) is 0 Å². The molecule has 0 aromatic carbocycles. The average Bonchev–Trinajstić information content (AvgIpc) is 2.62. The van der Waals surface area contributed by atoms with Crippen molar-refractivity contribution in [1.82, 2.24) is 9.80 Å². The molecule has 1 N–H and O–H groups in total. The molecule has 4 nitrogen and oxygen atoms in total. The number of hydrogen-bond donors (Lipinski definition) is 1. The van der Waals surface area contributed by atoms with Crippen LogP contribution in [0.15, 0.2) is 12.4 Å². The highest BCUT2D eigenvalue weighted by atomic mass is 16.4. The molecular weight excluding hydrogens is 204 g/mol. The second-order valence-electron chi connectivity index (χ2n) is 4.42. The first-order chi connectivity index (χ1) is 7.68. The Bertz CT molecular complexity index is 241. The van der Waals surface area contributed by atoms with Gasteiger partial charge in [0.1, 0.15) is 0 Å². The van der Waals surface area contributed by atoms with Crippen LogP contribution in [-0.4, -0.2) is 41.1 Å². The highest BCUT2D eigenvalue weighted by molar-refractivity contribution is 5.66. The van der Waals surface area contributed by atoms with E-state index in [0.29, 0.717) is 6.42 Å². The molecular formula is C12H22N2O2. The van der Waals surface area contributed by atoms with Gasteiger partial charge in [0.05, 0.1) is 6.67 Å². The van der Waals surface area contributed by atoms with E-state index in [4.69, 9.17) is 5.11 Å². The van der Waals surface area contributed by atoms with Gasteiger partial charge in [-0.25, -0.2) is 0 Å². The number of nitrogens with zero attached hydrogens (tertiary/aromatic N) is 2. The van der Waals surface area contributed by atoms with Gasteiger partial charge in [-0.15, -0.1) is 0 Å². The van der Waals surface area contributed by atoms with Crippen LogP contribution in [0.5, 0.6) is 0 Å². The van der Waals surface area contributed by atoms with Crippen molar-refractivity contribution in [2.24, 2.45) is 0 Å². The molecule has 0 fully saturated rings. The topological polar surface area (TPSA) is 43.8 Å². The van der Waals surface area contributed by atoms with E-state index < -0.39 is 5.97 Å². The third kappa shape index (κ3) is 5.63. The van der Waals surface area contributed by atoms with Crippen LogP contribution in [0, 0.1) is 0 Å². The molecule has 1 heterocycles. The Morgan fingerprint density at radius 3 is 2.50 bits per heavy atom. The SMILES string of the molecule is CN1C=CN(CCCCCCCC(=O)O)C1. The molecule has 0 saturated carbocycles. The second kappa shape index (κ2) is 7.14. The minimum atomic E-state index is -0.676. The number of rotatable bonds is 8. The Morgan fingerprint density at radius 2 is 1.88 bits per heavy atom. The molecule has 1 rings (SSSR count). The Kier molecular flexibility index (Phi) is 5.75. The van der Waals surface area contributed by atoms with Crippen LogP contribution in [0.25, 0.3) is 0 Å². The Hall–Kier alpha value is -1.19. The molecule has 0 bridgehead atoms. The number of hydrogen-bond acceptors (Lipinski definition) is 3. The van der Waals surface area contributed by atoms with Crippen molar-refractivity contribution in [2.75, 3.05) is 20.3 Å². The number of carbonyl (C=O) groups is 1. The lowest BCUT2D eigenvalue weighted by molar-refractivity contribution is -0.137. The first kappa shape index (κ1) is 12.9. The predicted molar refractivity (Wildman–Crippen MR) is 63.8 cm³/mol. The number of carboxylic acids is 1. The van der Waals surface area contributed by atoms with Crippen molar-refractivity contribution < 1.29 is 9.90 Å². The van der Waals surface area contributed by atoms with Gasteiger partial charge < -0.3 is 14.9 Å². The van der Waals surface area contributed by atoms with Gasteiger partial charge in [0.2, 0.25) is 0 Å². The van der Waals surface area contributed by atoms with Gasteiger partial charge >= 0.3 is 5.97 Å². The maximum absolute atomic E-state index is 10.3. The van der Waals surface area contributed by atoms with Crippen molar-refractivity contribution in [3.8, 4) is 0 Å². The summed E-state index contributed by atoms with van der Waals surface area (Å²) < 4.78 is 0. The maximum atomic E-state index is 10.3. The molecule has 0 aromatic heterocycles. The number of aliphatic carboxylic acids is 1. The summed E-state index contributed by atoms with van der Waals surface area (Å²) in [5.41, 5.74) is 0. The summed E-state index contributed by atoms with van der Waals surface area (Å²) in [6.07, 6.45) is 9.96. The van der Waals surface area contributed by atoms with Gasteiger partial charge in [-0.3, -0.25) is 4.79 Å². The summed E-state index contributed by atoms with van der Waals surface area (Å²) in [5.74, 6) is -0.676. The lowest BCUT2D eigenvalue weighted by atomic mass is 10.1. The first-order valence-corrected chi connectivity index (χ1v) is 6.03. The van der Waals surface area contributed by atoms with Crippen molar-refractivity contribution in [2.45, 2.75) is 38.5 Å². The van der Waals surface area contributed by atoms with E-state index in [-0.39, 0.29) is 0 Å². The van der Waals surface area contributed by atoms with E-state index >= 15 is 0 Å². The standard InChI is InChI=1S/C12H22N2O2/c1-13-9-10-14(11-13)8-6-4-2-3-5-7-12(15)16/h9-10H,2-8,11H2,1H3,(H,15,16).